The van der Waals surface area contributed by atoms with E-state index in [0.717, 1.165) is 28.3 Å². The van der Waals surface area contributed by atoms with Gasteiger partial charge in [0.05, 0.1) is 11.1 Å². The Kier molecular flexibility index (Phi) is 4.31. The Morgan fingerprint density at radius 2 is 1.75 bits per heavy atom. The number of anilines is 1. The summed E-state index contributed by atoms with van der Waals surface area (Å²) in [6.45, 7) is 3.75. The topological polar surface area (TPSA) is 94.8 Å². The predicted octanol–water partition coefficient (Wildman–Crippen LogP) is 3.70. The summed E-state index contributed by atoms with van der Waals surface area (Å²) in [5.74, 6) is -1.33. The predicted molar refractivity (Wildman–Crippen MR) is 110 cm³/mol. The SMILES string of the molecule is CCc1cc(=O)[nH]c2cc(NC(=O)C(=O)c3c(C)[nH]c4ccccc34)ccc12. The van der Waals surface area contributed by atoms with Gasteiger partial charge in [0.1, 0.15) is 0 Å². The zero-order chi connectivity index (χ0) is 19.8. The third kappa shape index (κ3) is 2.99. The lowest BCUT2D eigenvalue weighted by molar-refractivity contribution is -0.112. The number of H-pyrrole nitrogens is 2. The van der Waals surface area contributed by atoms with Crippen molar-refractivity contribution in [3.8, 4) is 0 Å². The second-order valence-corrected chi connectivity index (χ2v) is 6.73. The quantitative estimate of drug-likeness (QED) is 0.376. The molecule has 2 aromatic heterocycles. The molecule has 1 amide bonds. The van der Waals surface area contributed by atoms with Gasteiger partial charge in [-0.15, -0.1) is 0 Å². The Bertz CT molecular complexity index is 1300. The van der Waals surface area contributed by atoms with Gasteiger partial charge >= 0.3 is 0 Å². The van der Waals surface area contributed by atoms with Gasteiger partial charge in [-0.1, -0.05) is 31.2 Å². The average molecular weight is 373 g/mol. The van der Waals surface area contributed by atoms with Crippen molar-refractivity contribution >= 4 is 39.2 Å². The molecule has 0 atom stereocenters. The molecule has 0 unspecified atom stereocenters. The van der Waals surface area contributed by atoms with Gasteiger partial charge in [-0.05, 0) is 37.1 Å². The highest BCUT2D eigenvalue weighted by atomic mass is 16.2. The lowest BCUT2D eigenvalue weighted by Crippen LogP contribution is -2.23. The van der Waals surface area contributed by atoms with Gasteiger partial charge < -0.3 is 15.3 Å². The minimum absolute atomic E-state index is 0.196. The highest BCUT2D eigenvalue weighted by molar-refractivity contribution is 6.48. The van der Waals surface area contributed by atoms with Gasteiger partial charge in [-0.3, -0.25) is 14.4 Å². The number of carbonyl (C=O) groups excluding carboxylic acids is 2. The van der Waals surface area contributed by atoms with Crippen molar-refractivity contribution in [3.05, 3.63) is 75.7 Å². The van der Waals surface area contributed by atoms with Crippen LogP contribution in [0.2, 0.25) is 0 Å². The van der Waals surface area contributed by atoms with Gasteiger partial charge in [0.15, 0.2) is 0 Å². The second-order valence-electron chi connectivity index (χ2n) is 6.73. The summed E-state index contributed by atoms with van der Waals surface area (Å²) in [5, 5.41) is 4.28. The molecule has 0 spiro atoms. The molecule has 0 aliphatic carbocycles. The van der Waals surface area contributed by atoms with Crippen molar-refractivity contribution in [2.24, 2.45) is 0 Å². The number of hydrogen-bond acceptors (Lipinski definition) is 3. The number of Topliss-reactive ketones (excluding diaryl/α,β-unsaturated/α-hetero) is 1. The molecule has 2 heterocycles. The van der Waals surface area contributed by atoms with Crippen molar-refractivity contribution < 1.29 is 9.59 Å². The molecule has 0 radical (unpaired) electrons. The highest BCUT2D eigenvalue weighted by Crippen LogP contribution is 2.24. The Morgan fingerprint density at radius 3 is 2.54 bits per heavy atom. The first-order chi connectivity index (χ1) is 13.5. The molecule has 0 bridgehead atoms. The molecule has 0 aliphatic heterocycles. The first kappa shape index (κ1) is 17.7. The number of pyridine rings is 1. The van der Waals surface area contributed by atoms with Crippen LogP contribution in [0.3, 0.4) is 0 Å². The molecule has 0 saturated carbocycles. The summed E-state index contributed by atoms with van der Waals surface area (Å²) in [4.78, 5) is 43.1. The normalized spacial score (nSPS) is 11.1. The number of ketones is 1. The first-order valence-corrected chi connectivity index (χ1v) is 9.07. The summed E-state index contributed by atoms with van der Waals surface area (Å²) >= 11 is 0. The molecule has 6 heteroatoms. The summed E-state index contributed by atoms with van der Waals surface area (Å²) in [7, 11) is 0. The monoisotopic (exact) mass is 373 g/mol. The van der Waals surface area contributed by atoms with Crippen molar-refractivity contribution in [1.29, 1.82) is 0 Å². The standard InChI is InChI=1S/C22H19N3O3/c1-3-13-10-19(26)25-18-11-14(8-9-15(13)18)24-22(28)21(27)20-12(2)23-17-7-5-4-6-16(17)20/h4-11,23H,3H2,1-2H3,(H,24,28)(H,25,26). The molecule has 4 rings (SSSR count). The third-order valence-electron chi connectivity index (χ3n) is 4.89. The molecule has 3 N–H and O–H groups in total. The Balaban J connectivity index is 1.67. The number of carbonyl (C=O) groups is 2. The second kappa shape index (κ2) is 6.81. The van der Waals surface area contributed by atoms with Crippen LogP contribution in [0.15, 0.2) is 53.3 Å². The fourth-order valence-corrected chi connectivity index (χ4v) is 3.57. The number of para-hydroxylation sites is 1. The maximum atomic E-state index is 12.8. The molecule has 140 valence electrons. The zero-order valence-corrected chi connectivity index (χ0v) is 15.6. The number of aromatic nitrogens is 2. The molecule has 0 fully saturated rings. The van der Waals surface area contributed by atoms with Gasteiger partial charge in [-0.25, -0.2) is 0 Å². The summed E-state index contributed by atoms with van der Waals surface area (Å²) in [5.41, 5.74) is 3.64. The number of amides is 1. The van der Waals surface area contributed by atoms with Crippen molar-refractivity contribution in [2.45, 2.75) is 20.3 Å². The van der Waals surface area contributed by atoms with Crippen molar-refractivity contribution in [2.75, 3.05) is 5.32 Å². The molecule has 0 aliphatic rings. The minimum Gasteiger partial charge on any atom is -0.358 e. The number of rotatable bonds is 4. The lowest BCUT2D eigenvalue weighted by atomic mass is 10.1. The number of aromatic amines is 2. The van der Waals surface area contributed by atoms with Crippen molar-refractivity contribution in [1.82, 2.24) is 9.97 Å². The van der Waals surface area contributed by atoms with Crippen LogP contribution in [0.5, 0.6) is 0 Å². The fraction of sp³-hybridized carbons (Fsp3) is 0.136. The van der Waals surface area contributed by atoms with Crippen LogP contribution < -0.4 is 10.9 Å². The van der Waals surface area contributed by atoms with E-state index in [-0.39, 0.29) is 5.56 Å². The molecule has 6 nitrogen and oxygen atoms in total. The number of fused-ring (bicyclic) bond motifs is 2. The molecular formula is C22H19N3O3. The Hall–Kier alpha value is -3.67. The molecule has 28 heavy (non-hydrogen) atoms. The number of aryl methyl sites for hydroxylation is 2. The number of hydrogen-bond donors (Lipinski definition) is 3. The smallest absolute Gasteiger partial charge is 0.296 e. The van der Waals surface area contributed by atoms with Crippen LogP contribution in [0.1, 0.15) is 28.5 Å². The zero-order valence-electron chi connectivity index (χ0n) is 15.6. The van der Waals surface area contributed by atoms with E-state index >= 15 is 0 Å². The van der Waals surface area contributed by atoms with Gasteiger partial charge in [0, 0.05) is 33.7 Å². The van der Waals surface area contributed by atoms with E-state index in [9.17, 15) is 14.4 Å². The van der Waals surface area contributed by atoms with Crippen LogP contribution >= 0.6 is 0 Å². The maximum absolute atomic E-state index is 12.8. The van der Waals surface area contributed by atoms with Gasteiger partial charge in [0.25, 0.3) is 11.7 Å². The van der Waals surface area contributed by atoms with Gasteiger partial charge in [0.2, 0.25) is 5.56 Å². The average Bonchev–Trinajstić information content (AvgIpc) is 3.01. The third-order valence-corrected chi connectivity index (χ3v) is 4.89. The minimum atomic E-state index is -0.721. The summed E-state index contributed by atoms with van der Waals surface area (Å²) in [6, 6.07) is 14.2. The van der Waals surface area contributed by atoms with Crippen LogP contribution in [0, 0.1) is 6.92 Å². The first-order valence-electron chi connectivity index (χ1n) is 9.07. The number of nitrogens with one attached hydrogen (secondary N) is 3. The fourth-order valence-electron chi connectivity index (χ4n) is 3.57. The maximum Gasteiger partial charge on any atom is 0.296 e. The molecule has 2 aromatic carbocycles. The lowest BCUT2D eigenvalue weighted by Gasteiger charge is -2.08. The van der Waals surface area contributed by atoms with E-state index in [1.807, 2.05) is 37.3 Å². The van der Waals surface area contributed by atoms with Crippen molar-refractivity contribution in [3.63, 3.8) is 0 Å². The highest BCUT2D eigenvalue weighted by Gasteiger charge is 2.22. The molecule has 4 aromatic rings. The molecule has 0 saturated heterocycles. The Morgan fingerprint density at radius 1 is 0.964 bits per heavy atom. The summed E-state index contributed by atoms with van der Waals surface area (Å²) < 4.78 is 0. The Labute approximate surface area is 160 Å². The van der Waals surface area contributed by atoms with E-state index in [2.05, 4.69) is 15.3 Å². The van der Waals surface area contributed by atoms with Crippen LogP contribution in [0.25, 0.3) is 21.8 Å². The van der Waals surface area contributed by atoms with E-state index in [1.54, 1.807) is 25.1 Å². The van der Waals surface area contributed by atoms with E-state index in [4.69, 9.17) is 0 Å². The summed E-state index contributed by atoms with van der Waals surface area (Å²) in [6.07, 6.45) is 0.727. The van der Waals surface area contributed by atoms with E-state index < -0.39 is 11.7 Å². The number of benzene rings is 2. The molecular weight excluding hydrogens is 354 g/mol. The van der Waals surface area contributed by atoms with Crippen LogP contribution in [-0.2, 0) is 11.2 Å². The van der Waals surface area contributed by atoms with E-state index in [0.29, 0.717) is 22.5 Å². The van der Waals surface area contributed by atoms with Gasteiger partial charge in [-0.2, -0.15) is 0 Å². The largest absolute Gasteiger partial charge is 0.358 e. The van der Waals surface area contributed by atoms with Crippen LogP contribution in [0.4, 0.5) is 5.69 Å². The van der Waals surface area contributed by atoms with E-state index in [1.165, 1.54) is 0 Å². The van der Waals surface area contributed by atoms with Crippen LogP contribution in [-0.4, -0.2) is 21.7 Å².